The number of aliphatic hydroxyl groups is 1. The van der Waals surface area contributed by atoms with Gasteiger partial charge in [-0.05, 0) is 35.4 Å². The van der Waals surface area contributed by atoms with Crippen molar-refractivity contribution in [2.75, 3.05) is 6.61 Å². The maximum absolute atomic E-state index is 12.8. The Balaban J connectivity index is 1.54. The molecule has 8 heteroatoms. The fraction of sp³-hybridized carbons (Fsp3) is 0.148. The molecule has 0 bridgehead atoms. The first-order chi connectivity index (χ1) is 17.1. The maximum Gasteiger partial charge on any atom is 0.330 e. The summed E-state index contributed by atoms with van der Waals surface area (Å²) in [5.41, 5.74) is 2.16. The van der Waals surface area contributed by atoms with Crippen molar-refractivity contribution in [2.24, 2.45) is 0 Å². The number of ether oxygens (including phenoxy) is 1. The maximum atomic E-state index is 12.8. The van der Waals surface area contributed by atoms with Gasteiger partial charge in [0.1, 0.15) is 18.2 Å². The van der Waals surface area contributed by atoms with Gasteiger partial charge < -0.3 is 14.4 Å². The lowest BCUT2D eigenvalue weighted by atomic mass is 10.2. The van der Waals surface area contributed by atoms with E-state index in [9.17, 15) is 14.7 Å². The van der Waals surface area contributed by atoms with E-state index in [2.05, 4.69) is 4.98 Å². The first kappa shape index (κ1) is 22.4. The zero-order chi connectivity index (χ0) is 24.2. The van der Waals surface area contributed by atoms with Crippen molar-refractivity contribution < 1.29 is 9.84 Å². The zero-order valence-corrected chi connectivity index (χ0v) is 18.9. The van der Waals surface area contributed by atoms with Gasteiger partial charge in [-0.15, -0.1) is 0 Å². The quantitative estimate of drug-likeness (QED) is 0.364. The molecule has 35 heavy (non-hydrogen) atoms. The van der Waals surface area contributed by atoms with E-state index in [0.29, 0.717) is 18.2 Å². The molecular formula is C27H24N4O4. The third-order valence-electron chi connectivity index (χ3n) is 5.75. The molecule has 0 radical (unpaired) electrons. The number of aromatic nitrogens is 4. The van der Waals surface area contributed by atoms with Crippen LogP contribution in [0.5, 0.6) is 5.75 Å². The van der Waals surface area contributed by atoms with Crippen LogP contribution in [0.1, 0.15) is 11.1 Å². The van der Waals surface area contributed by atoms with Crippen LogP contribution >= 0.6 is 0 Å². The molecule has 2 heterocycles. The van der Waals surface area contributed by atoms with Crippen LogP contribution in [0.25, 0.3) is 22.6 Å². The minimum absolute atomic E-state index is 0.157. The van der Waals surface area contributed by atoms with E-state index in [1.165, 1.54) is 4.57 Å². The van der Waals surface area contributed by atoms with Gasteiger partial charge in [0.25, 0.3) is 5.56 Å². The first-order valence-electron chi connectivity index (χ1n) is 11.3. The number of hydrogen-bond acceptors (Lipinski definition) is 5. The second-order valence-corrected chi connectivity index (χ2v) is 8.11. The highest BCUT2D eigenvalue weighted by Crippen LogP contribution is 2.25. The van der Waals surface area contributed by atoms with Crippen molar-refractivity contribution in [1.82, 2.24) is 19.1 Å². The van der Waals surface area contributed by atoms with Crippen molar-refractivity contribution >= 4 is 11.2 Å². The molecule has 0 unspecified atom stereocenters. The number of benzene rings is 3. The predicted molar refractivity (Wildman–Crippen MR) is 133 cm³/mol. The molecule has 5 rings (SSSR count). The third-order valence-corrected chi connectivity index (χ3v) is 5.75. The fourth-order valence-electron chi connectivity index (χ4n) is 4.06. The summed E-state index contributed by atoms with van der Waals surface area (Å²) in [4.78, 5) is 32.6. The average Bonchev–Trinajstić information content (AvgIpc) is 3.27. The van der Waals surface area contributed by atoms with Gasteiger partial charge in [0, 0.05) is 12.1 Å². The van der Waals surface area contributed by atoms with Gasteiger partial charge in [-0.25, -0.2) is 9.78 Å². The van der Waals surface area contributed by atoms with E-state index in [1.54, 1.807) is 4.57 Å². The Morgan fingerprint density at radius 1 is 0.829 bits per heavy atom. The summed E-state index contributed by atoms with van der Waals surface area (Å²) in [5, 5.41) is 9.69. The Labute approximate surface area is 200 Å². The van der Waals surface area contributed by atoms with Gasteiger partial charge in [-0.1, -0.05) is 60.7 Å². The largest absolute Gasteiger partial charge is 0.489 e. The van der Waals surface area contributed by atoms with Gasteiger partial charge in [0.05, 0.1) is 13.2 Å². The molecule has 0 atom stereocenters. The number of aromatic amines is 1. The molecule has 176 valence electrons. The van der Waals surface area contributed by atoms with Gasteiger partial charge >= 0.3 is 5.69 Å². The van der Waals surface area contributed by atoms with Crippen molar-refractivity contribution in [3.05, 3.63) is 117 Å². The van der Waals surface area contributed by atoms with Gasteiger partial charge in [0.15, 0.2) is 11.2 Å². The molecular weight excluding hydrogens is 444 g/mol. The van der Waals surface area contributed by atoms with E-state index in [4.69, 9.17) is 9.72 Å². The van der Waals surface area contributed by atoms with Gasteiger partial charge in [-0.2, -0.15) is 0 Å². The van der Waals surface area contributed by atoms with Crippen LogP contribution in [-0.4, -0.2) is 30.8 Å². The molecule has 2 N–H and O–H groups in total. The van der Waals surface area contributed by atoms with E-state index in [1.807, 2.05) is 84.9 Å². The van der Waals surface area contributed by atoms with Crippen LogP contribution in [0.15, 0.2) is 94.5 Å². The number of nitrogens with one attached hydrogen (secondary N) is 1. The Hall–Kier alpha value is -4.43. The van der Waals surface area contributed by atoms with E-state index in [0.717, 1.165) is 16.7 Å². The minimum atomic E-state index is -0.538. The molecule has 5 aromatic rings. The van der Waals surface area contributed by atoms with Gasteiger partial charge in [0.2, 0.25) is 0 Å². The lowest BCUT2D eigenvalue weighted by molar-refractivity contribution is 0.278. The fourth-order valence-corrected chi connectivity index (χ4v) is 4.06. The Kier molecular flexibility index (Phi) is 6.28. The second-order valence-electron chi connectivity index (χ2n) is 8.11. The van der Waals surface area contributed by atoms with Gasteiger partial charge in [-0.3, -0.25) is 14.3 Å². The highest BCUT2D eigenvalue weighted by molar-refractivity contribution is 5.77. The number of fused-ring (bicyclic) bond motifs is 1. The molecule has 0 aliphatic rings. The Bertz CT molecular complexity index is 1550. The minimum Gasteiger partial charge on any atom is -0.489 e. The van der Waals surface area contributed by atoms with Crippen molar-refractivity contribution in [3.8, 4) is 17.1 Å². The molecule has 0 saturated carbocycles. The molecule has 0 fully saturated rings. The summed E-state index contributed by atoms with van der Waals surface area (Å²) in [6.45, 7) is 0.678. The molecule has 0 amide bonds. The standard InChI is InChI=1S/C27H24N4O4/c32-16-15-30-23-25(31(27(34)29-26(23)33)17-19-7-3-1-4-8-19)28-24(30)21-11-13-22(14-12-21)35-18-20-9-5-2-6-10-20/h1-14,32H,15-18H2,(H,29,33,34). The molecule has 8 nitrogen and oxygen atoms in total. The average molecular weight is 469 g/mol. The van der Waals surface area contributed by atoms with E-state index >= 15 is 0 Å². The zero-order valence-electron chi connectivity index (χ0n) is 18.9. The summed E-state index contributed by atoms with van der Waals surface area (Å²) in [6.07, 6.45) is 0. The van der Waals surface area contributed by atoms with Crippen LogP contribution in [0.3, 0.4) is 0 Å². The normalized spacial score (nSPS) is 11.1. The topological polar surface area (TPSA) is 102 Å². The molecule has 0 aliphatic carbocycles. The van der Waals surface area contributed by atoms with Crippen LogP contribution in [0.4, 0.5) is 0 Å². The smallest absolute Gasteiger partial charge is 0.330 e. The van der Waals surface area contributed by atoms with E-state index < -0.39 is 11.2 Å². The monoisotopic (exact) mass is 468 g/mol. The second kappa shape index (κ2) is 9.82. The molecule has 3 aromatic carbocycles. The third kappa shape index (κ3) is 4.64. The predicted octanol–water partition coefficient (Wildman–Crippen LogP) is 3.17. The molecule has 0 spiro atoms. The van der Waals surface area contributed by atoms with Crippen LogP contribution in [0, 0.1) is 0 Å². The number of aliphatic hydroxyl groups excluding tert-OH is 1. The number of H-pyrrole nitrogens is 1. The lowest BCUT2D eigenvalue weighted by Gasteiger charge is -2.09. The summed E-state index contributed by atoms with van der Waals surface area (Å²) < 4.78 is 8.97. The van der Waals surface area contributed by atoms with Crippen LogP contribution in [0.2, 0.25) is 0 Å². The van der Waals surface area contributed by atoms with Crippen molar-refractivity contribution in [1.29, 1.82) is 0 Å². The summed E-state index contributed by atoms with van der Waals surface area (Å²) in [7, 11) is 0. The van der Waals surface area contributed by atoms with Crippen LogP contribution < -0.4 is 16.0 Å². The van der Waals surface area contributed by atoms with Crippen molar-refractivity contribution in [3.63, 3.8) is 0 Å². The molecule has 2 aromatic heterocycles. The highest BCUT2D eigenvalue weighted by Gasteiger charge is 2.19. The SMILES string of the molecule is O=c1[nH]c(=O)n(Cc2ccccc2)c2nc(-c3ccc(OCc4ccccc4)cc3)n(CCO)c12. The number of imidazole rings is 1. The lowest BCUT2D eigenvalue weighted by Crippen LogP contribution is -2.31. The summed E-state index contributed by atoms with van der Waals surface area (Å²) in [5.74, 6) is 1.18. The summed E-state index contributed by atoms with van der Waals surface area (Å²) >= 11 is 0. The number of rotatable bonds is 8. The number of hydrogen-bond donors (Lipinski definition) is 2. The number of nitrogens with zero attached hydrogens (tertiary/aromatic N) is 3. The molecule has 0 saturated heterocycles. The molecule has 0 aliphatic heterocycles. The Morgan fingerprint density at radius 3 is 2.14 bits per heavy atom. The highest BCUT2D eigenvalue weighted by atomic mass is 16.5. The first-order valence-corrected chi connectivity index (χ1v) is 11.3. The Morgan fingerprint density at radius 2 is 1.49 bits per heavy atom. The summed E-state index contributed by atoms with van der Waals surface area (Å²) in [6, 6.07) is 26.7. The van der Waals surface area contributed by atoms with Crippen LogP contribution in [-0.2, 0) is 19.7 Å². The van der Waals surface area contributed by atoms with Crippen molar-refractivity contribution in [2.45, 2.75) is 19.7 Å². The van der Waals surface area contributed by atoms with E-state index in [-0.39, 0.29) is 30.9 Å².